The maximum atomic E-state index is 11.8. The molecule has 1 saturated heterocycles. The molecular formula is C24H31N7O7. The molecular weight excluding hydrogens is 498 g/mol. The third-order valence-electron chi connectivity index (χ3n) is 6.42. The minimum Gasteiger partial charge on any atom is -0.481 e. The summed E-state index contributed by atoms with van der Waals surface area (Å²) in [6.45, 7) is 2.38. The highest BCUT2D eigenvalue weighted by Crippen LogP contribution is 2.34. The van der Waals surface area contributed by atoms with Gasteiger partial charge in [0.05, 0.1) is 6.33 Å². The summed E-state index contributed by atoms with van der Waals surface area (Å²) >= 11 is 0. The van der Waals surface area contributed by atoms with Crippen LogP contribution >= 0.6 is 0 Å². The van der Waals surface area contributed by atoms with E-state index in [1.807, 2.05) is 24.3 Å². The van der Waals surface area contributed by atoms with E-state index >= 15 is 0 Å². The van der Waals surface area contributed by atoms with E-state index in [1.54, 1.807) is 6.92 Å². The highest BCUT2D eigenvalue weighted by molar-refractivity contribution is 5.81. The quantitative estimate of drug-likeness (QED) is 0.0833. The smallest absolute Gasteiger partial charge is 0.303 e. The van der Waals surface area contributed by atoms with Crippen molar-refractivity contribution in [1.82, 2.24) is 29.9 Å². The summed E-state index contributed by atoms with van der Waals surface area (Å²) in [6.07, 6.45) is -1.64. The molecule has 0 bridgehead atoms. The van der Waals surface area contributed by atoms with Gasteiger partial charge in [-0.1, -0.05) is 24.3 Å². The Hall–Kier alpha value is -3.69. The number of aromatic nitrogens is 4. The number of nitrogen functional groups attached to an aromatic ring is 1. The number of nitrogens with one attached hydrogen (secondary N) is 1. The van der Waals surface area contributed by atoms with Crippen molar-refractivity contribution in [3.63, 3.8) is 0 Å². The molecule has 5 atom stereocenters. The number of nitrogens with zero attached hydrogens (tertiary/aromatic N) is 5. The molecule has 0 aliphatic carbocycles. The number of anilines is 1. The minimum atomic E-state index is -1.39. The number of likely N-dealkylation sites (N-methyl/N-ethyl adjacent to an activating group) is 1. The summed E-state index contributed by atoms with van der Waals surface area (Å²) < 4.78 is 7.46. The van der Waals surface area contributed by atoms with Crippen LogP contribution in [-0.2, 0) is 32.0 Å². The number of benzene rings is 1. The van der Waals surface area contributed by atoms with Crippen LogP contribution in [0.2, 0.25) is 0 Å². The lowest BCUT2D eigenvalue weighted by Crippen LogP contribution is -2.52. The van der Waals surface area contributed by atoms with E-state index < -0.39 is 36.7 Å². The topological polar surface area (TPSA) is 198 Å². The standard InChI is InChI=1S/C24H31N7O7/c1-2-30(13-32)24(38-29-10-9-15-5-3-14(4-6-15)7-8-16(33)34)20-18(35)19(36)23(37-20)31-12-28-17-21(25)26-11-27-22(17)31/h3-6,11-13,18-20,23-24,29,35-36H,2,7-10H2,1H3,(H,33,34)(H2,25,26,27)/t18-,19+,20-,23+,24?/m0/s1. The Balaban J connectivity index is 1.41. The first-order chi connectivity index (χ1) is 18.3. The molecule has 0 spiro atoms. The number of amides is 1. The Bertz CT molecular complexity index is 1240. The number of ether oxygens (including phenoxy) is 1. The number of hydroxylamine groups is 1. The molecule has 0 radical (unpaired) electrons. The van der Waals surface area contributed by atoms with Gasteiger partial charge in [0.1, 0.15) is 30.2 Å². The molecule has 1 aromatic carbocycles. The molecule has 38 heavy (non-hydrogen) atoms. The number of hydrogen-bond donors (Lipinski definition) is 5. The SMILES string of the molecule is CCN(C=O)C(ONCCc1ccc(CCC(=O)O)cc1)[C@H]1O[C@@H](n2cnc3c(N)ncnc32)[C@H](O)[C@@H]1O. The van der Waals surface area contributed by atoms with E-state index in [4.69, 9.17) is 20.4 Å². The van der Waals surface area contributed by atoms with Gasteiger partial charge in [-0.15, -0.1) is 0 Å². The lowest BCUT2D eigenvalue weighted by atomic mass is 10.1. The molecule has 3 aromatic rings. The fourth-order valence-corrected chi connectivity index (χ4v) is 4.31. The number of rotatable bonds is 13. The van der Waals surface area contributed by atoms with Crippen LogP contribution in [0.3, 0.4) is 0 Å². The Kier molecular flexibility index (Phi) is 8.81. The zero-order valence-electron chi connectivity index (χ0n) is 20.8. The monoisotopic (exact) mass is 529 g/mol. The number of carboxylic acids is 1. The second-order valence-corrected chi connectivity index (χ2v) is 8.85. The summed E-state index contributed by atoms with van der Waals surface area (Å²) in [5.41, 5.74) is 11.3. The van der Waals surface area contributed by atoms with E-state index in [9.17, 15) is 19.8 Å². The number of nitrogens with two attached hydrogens (primary N) is 1. The van der Waals surface area contributed by atoms with Crippen molar-refractivity contribution in [1.29, 1.82) is 0 Å². The van der Waals surface area contributed by atoms with Gasteiger partial charge in [-0.25, -0.2) is 15.0 Å². The number of aryl methyl sites for hydroxylation is 1. The summed E-state index contributed by atoms with van der Waals surface area (Å²) in [4.78, 5) is 41.8. The molecule has 2 aromatic heterocycles. The first-order valence-electron chi connectivity index (χ1n) is 12.2. The molecule has 1 unspecified atom stereocenters. The Morgan fingerprint density at radius 3 is 2.58 bits per heavy atom. The lowest BCUT2D eigenvalue weighted by Gasteiger charge is -2.32. The van der Waals surface area contributed by atoms with Gasteiger partial charge < -0.3 is 30.7 Å². The molecule has 6 N–H and O–H groups in total. The van der Waals surface area contributed by atoms with Crippen molar-refractivity contribution in [2.75, 3.05) is 18.8 Å². The molecule has 1 fully saturated rings. The number of aliphatic carboxylic acids is 1. The van der Waals surface area contributed by atoms with E-state index in [-0.39, 0.29) is 18.8 Å². The molecule has 3 heterocycles. The second kappa shape index (κ2) is 12.2. The Morgan fingerprint density at radius 1 is 1.21 bits per heavy atom. The molecule has 14 nitrogen and oxygen atoms in total. The summed E-state index contributed by atoms with van der Waals surface area (Å²) in [6, 6.07) is 7.60. The minimum absolute atomic E-state index is 0.0737. The van der Waals surface area contributed by atoms with E-state index in [0.717, 1.165) is 11.1 Å². The molecule has 0 saturated carbocycles. The van der Waals surface area contributed by atoms with Crippen molar-refractivity contribution >= 4 is 29.4 Å². The maximum absolute atomic E-state index is 11.8. The third-order valence-corrected chi connectivity index (χ3v) is 6.42. The number of imidazole rings is 1. The van der Waals surface area contributed by atoms with Crippen molar-refractivity contribution < 1.29 is 34.5 Å². The van der Waals surface area contributed by atoms with E-state index in [2.05, 4.69) is 20.4 Å². The molecule has 1 amide bonds. The molecule has 1 aliphatic rings. The summed E-state index contributed by atoms with van der Waals surface area (Å²) in [5.74, 6) is -0.676. The van der Waals surface area contributed by atoms with Gasteiger partial charge in [0.25, 0.3) is 0 Å². The van der Waals surface area contributed by atoms with Crippen LogP contribution in [-0.4, -0.2) is 89.7 Å². The number of aliphatic hydroxyl groups excluding tert-OH is 2. The van der Waals surface area contributed by atoms with E-state index in [1.165, 1.54) is 22.1 Å². The maximum Gasteiger partial charge on any atom is 0.303 e. The number of carbonyl (C=O) groups is 2. The van der Waals surface area contributed by atoms with Gasteiger partial charge in [0, 0.05) is 19.5 Å². The van der Waals surface area contributed by atoms with Gasteiger partial charge in [-0.3, -0.25) is 19.0 Å². The average molecular weight is 530 g/mol. The zero-order chi connectivity index (χ0) is 27.2. The number of fused-ring (bicyclic) bond motifs is 1. The number of aliphatic hydroxyl groups is 2. The molecule has 4 rings (SSSR count). The lowest BCUT2D eigenvalue weighted by molar-refractivity contribution is -0.190. The van der Waals surface area contributed by atoms with Crippen molar-refractivity contribution in [3.8, 4) is 0 Å². The third kappa shape index (κ3) is 5.89. The molecule has 14 heteroatoms. The van der Waals surface area contributed by atoms with Gasteiger partial charge in [-0.2, -0.15) is 5.48 Å². The Morgan fingerprint density at radius 2 is 1.92 bits per heavy atom. The Labute approximate surface area is 218 Å². The second-order valence-electron chi connectivity index (χ2n) is 8.85. The fraction of sp³-hybridized carbons (Fsp3) is 0.458. The van der Waals surface area contributed by atoms with Gasteiger partial charge in [0.2, 0.25) is 6.41 Å². The normalized spacial score (nSPS) is 22.0. The first-order valence-corrected chi connectivity index (χ1v) is 12.2. The predicted octanol–water partition coefficient (Wildman–Crippen LogP) is -0.387. The largest absolute Gasteiger partial charge is 0.481 e. The predicted molar refractivity (Wildman–Crippen MR) is 133 cm³/mol. The average Bonchev–Trinajstić information content (AvgIpc) is 3.47. The van der Waals surface area contributed by atoms with Crippen molar-refractivity contribution in [3.05, 3.63) is 48.0 Å². The molecule has 204 valence electrons. The summed E-state index contributed by atoms with van der Waals surface area (Å²) in [7, 11) is 0. The van der Waals surface area contributed by atoms with Crippen LogP contribution in [0.25, 0.3) is 11.2 Å². The van der Waals surface area contributed by atoms with Gasteiger partial charge in [-0.05, 0) is 30.9 Å². The number of hydrogen-bond acceptors (Lipinski definition) is 11. The highest BCUT2D eigenvalue weighted by atomic mass is 16.7. The van der Waals surface area contributed by atoms with Crippen LogP contribution in [0.1, 0.15) is 30.7 Å². The fourth-order valence-electron chi connectivity index (χ4n) is 4.31. The summed E-state index contributed by atoms with van der Waals surface area (Å²) in [5, 5.41) is 30.5. The number of carboxylic acid groups (broad SMARTS) is 1. The first kappa shape index (κ1) is 27.3. The van der Waals surface area contributed by atoms with Crippen LogP contribution in [0.4, 0.5) is 5.82 Å². The van der Waals surface area contributed by atoms with Crippen molar-refractivity contribution in [2.45, 2.75) is 57.0 Å². The van der Waals surface area contributed by atoms with Crippen molar-refractivity contribution in [2.24, 2.45) is 0 Å². The van der Waals surface area contributed by atoms with E-state index in [0.29, 0.717) is 37.0 Å². The number of carbonyl (C=O) groups excluding carboxylic acids is 1. The van der Waals surface area contributed by atoms with Crippen LogP contribution in [0, 0.1) is 0 Å². The van der Waals surface area contributed by atoms with Crippen LogP contribution < -0.4 is 11.2 Å². The molecule has 1 aliphatic heterocycles. The van der Waals surface area contributed by atoms with Gasteiger partial charge in [0.15, 0.2) is 23.9 Å². The van der Waals surface area contributed by atoms with Crippen LogP contribution in [0.5, 0.6) is 0 Å². The van der Waals surface area contributed by atoms with Crippen LogP contribution in [0.15, 0.2) is 36.9 Å². The highest BCUT2D eigenvalue weighted by Gasteiger charge is 2.49. The zero-order valence-corrected chi connectivity index (χ0v) is 20.8. The van der Waals surface area contributed by atoms with Gasteiger partial charge >= 0.3 is 5.97 Å².